The first-order valence-electron chi connectivity index (χ1n) is 6.26. The minimum Gasteiger partial charge on any atom is -0.327 e. The lowest BCUT2D eigenvalue weighted by Crippen LogP contribution is -2.32. The smallest absolute Gasteiger partial charge is 0.327 e. The van der Waals surface area contributed by atoms with Crippen molar-refractivity contribution < 1.29 is 26.0 Å². The first-order chi connectivity index (χ1) is 9.39. The van der Waals surface area contributed by atoms with Crippen molar-refractivity contribution in [3.05, 3.63) is 29.6 Å². The van der Waals surface area contributed by atoms with Crippen LogP contribution in [0.5, 0.6) is 0 Å². The van der Waals surface area contributed by atoms with E-state index in [1.54, 1.807) is 20.8 Å². The average Bonchev–Trinajstić information content (AvgIpc) is 2.28. The molecule has 1 aromatic rings. The van der Waals surface area contributed by atoms with Crippen molar-refractivity contribution in [3.63, 3.8) is 0 Å². The fraction of sp³-hybridized carbons (Fsp3) is 0.538. The van der Waals surface area contributed by atoms with Crippen LogP contribution in [0, 0.1) is 11.7 Å². The van der Waals surface area contributed by atoms with Crippen LogP contribution < -0.4 is 5.73 Å². The lowest BCUT2D eigenvalue weighted by atomic mass is 9.83. The fourth-order valence-corrected chi connectivity index (χ4v) is 3.42. The van der Waals surface area contributed by atoms with Crippen LogP contribution in [0.2, 0.25) is 0 Å². The summed E-state index contributed by atoms with van der Waals surface area (Å²) in [5, 5.41) is 0. The zero-order valence-corrected chi connectivity index (χ0v) is 12.6. The van der Waals surface area contributed by atoms with Gasteiger partial charge in [0.1, 0.15) is 5.82 Å². The van der Waals surface area contributed by atoms with Crippen molar-refractivity contribution in [2.24, 2.45) is 11.7 Å². The minimum atomic E-state index is -5.64. The van der Waals surface area contributed by atoms with Gasteiger partial charge in [-0.1, -0.05) is 19.9 Å². The van der Waals surface area contributed by atoms with E-state index in [0.717, 1.165) is 12.1 Å². The Morgan fingerprint density at radius 2 is 1.67 bits per heavy atom. The molecule has 120 valence electrons. The third-order valence-electron chi connectivity index (χ3n) is 3.21. The Hall–Kier alpha value is -1.15. The first kappa shape index (κ1) is 17.9. The van der Waals surface area contributed by atoms with Crippen LogP contribution in [0.15, 0.2) is 23.1 Å². The zero-order chi connectivity index (χ0) is 16.6. The van der Waals surface area contributed by atoms with E-state index in [9.17, 15) is 26.0 Å². The summed E-state index contributed by atoms with van der Waals surface area (Å²) in [6.45, 7) is 4.99. The molecule has 0 saturated heterocycles. The second-order valence-corrected chi connectivity index (χ2v) is 7.17. The van der Waals surface area contributed by atoms with Crippen molar-refractivity contribution >= 4 is 9.84 Å². The van der Waals surface area contributed by atoms with E-state index in [4.69, 9.17) is 5.73 Å². The third-order valence-corrected chi connectivity index (χ3v) is 4.76. The highest BCUT2D eigenvalue weighted by molar-refractivity contribution is 7.92. The van der Waals surface area contributed by atoms with Crippen LogP contribution in [-0.2, 0) is 9.84 Å². The summed E-state index contributed by atoms with van der Waals surface area (Å²) in [4.78, 5) is -1.06. The van der Waals surface area contributed by atoms with Crippen molar-refractivity contribution in [2.75, 3.05) is 0 Å². The molecule has 8 heteroatoms. The van der Waals surface area contributed by atoms with Crippen LogP contribution in [0.3, 0.4) is 0 Å². The molecule has 2 atom stereocenters. The Morgan fingerprint density at radius 1 is 1.14 bits per heavy atom. The number of hydrogen-bond acceptors (Lipinski definition) is 3. The van der Waals surface area contributed by atoms with Gasteiger partial charge in [0, 0.05) is 12.0 Å². The maximum Gasteiger partial charge on any atom is 0.501 e. The van der Waals surface area contributed by atoms with Crippen molar-refractivity contribution in [2.45, 2.75) is 43.1 Å². The number of rotatable bonds is 4. The largest absolute Gasteiger partial charge is 0.501 e. The SMILES string of the molecule is CC(C)C(c1ccc(F)cc1S(=O)(=O)C(F)(F)F)C(C)N. The molecule has 0 heterocycles. The predicted octanol–water partition coefficient (Wildman–Crippen LogP) is 3.21. The summed E-state index contributed by atoms with van der Waals surface area (Å²) in [7, 11) is -5.64. The lowest BCUT2D eigenvalue weighted by Gasteiger charge is -2.27. The van der Waals surface area contributed by atoms with Crippen LogP contribution >= 0.6 is 0 Å². The third kappa shape index (κ3) is 3.55. The topological polar surface area (TPSA) is 60.2 Å². The van der Waals surface area contributed by atoms with Gasteiger partial charge < -0.3 is 5.73 Å². The average molecular weight is 327 g/mol. The monoisotopic (exact) mass is 327 g/mol. The van der Waals surface area contributed by atoms with E-state index in [-0.39, 0.29) is 11.5 Å². The second-order valence-electron chi connectivity index (χ2n) is 5.26. The number of alkyl halides is 3. The number of benzene rings is 1. The Labute approximate surface area is 121 Å². The summed E-state index contributed by atoms with van der Waals surface area (Å²) in [6.07, 6.45) is 0. The van der Waals surface area contributed by atoms with Gasteiger partial charge in [0.05, 0.1) is 4.90 Å². The van der Waals surface area contributed by atoms with Crippen LogP contribution in [0.25, 0.3) is 0 Å². The molecule has 1 rings (SSSR count). The number of sulfone groups is 1. The maximum atomic E-state index is 13.3. The zero-order valence-electron chi connectivity index (χ0n) is 11.8. The van der Waals surface area contributed by atoms with Gasteiger partial charge in [0.2, 0.25) is 0 Å². The van der Waals surface area contributed by atoms with Gasteiger partial charge >= 0.3 is 5.51 Å². The van der Waals surface area contributed by atoms with Crippen molar-refractivity contribution in [1.29, 1.82) is 0 Å². The second kappa shape index (κ2) is 5.92. The van der Waals surface area contributed by atoms with E-state index in [0.29, 0.717) is 6.07 Å². The van der Waals surface area contributed by atoms with Crippen LogP contribution in [0.1, 0.15) is 32.3 Å². The molecule has 0 aliphatic rings. The Kier molecular flexibility index (Phi) is 5.05. The molecule has 21 heavy (non-hydrogen) atoms. The summed E-state index contributed by atoms with van der Waals surface area (Å²) < 4.78 is 74.8. The van der Waals surface area contributed by atoms with E-state index >= 15 is 0 Å². The maximum absolute atomic E-state index is 13.3. The molecule has 0 saturated carbocycles. The molecule has 0 aliphatic carbocycles. The van der Waals surface area contributed by atoms with Gasteiger partial charge in [-0.25, -0.2) is 12.8 Å². The molecule has 0 spiro atoms. The van der Waals surface area contributed by atoms with Gasteiger partial charge in [-0.3, -0.25) is 0 Å². The van der Waals surface area contributed by atoms with E-state index in [1.807, 2.05) is 0 Å². The molecule has 1 aromatic carbocycles. The van der Waals surface area contributed by atoms with Gasteiger partial charge in [0.15, 0.2) is 0 Å². The van der Waals surface area contributed by atoms with Crippen molar-refractivity contribution in [3.8, 4) is 0 Å². The molecule has 3 nitrogen and oxygen atoms in total. The molecule has 2 unspecified atom stereocenters. The Morgan fingerprint density at radius 3 is 2.05 bits per heavy atom. The van der Waals surface area contributed by atoms with Gasteiger partial charge in [-0.05, 0) is 30.5 Å². The minimum absolute atomic E-state index is 0.112. The summed E-state index contributed by atoms with van der Waals surface area (Å²) in [6, 6.07) is 1.80. The first-order valence-corrected chi connectivity index (χ1v) is 7.74. The summed E-state index contributed by atoms with van der Waals surface area (Å²) in [5.74, 6) is -1.90. The summed E-state index contributed by atoms with van der Waals surface area (Å²) >= 11 is 0. The highest BCUT2D eigenvalue weighted by Gasteiger charge is 2.48. The van der Waals surface area contributed by atoms with Gasteiger partial charge in [-0.2, -0.15) is 13.2 Å². The molecule has 0 aromatic heterocycles. The van der Waals surface area contributed by atoms with Crippen LogP contribution in [-0.4, -0.2) is 20.0 Å². The van der Waals surface area contributed by atoms with Crippen molar-refractivity contribution in [1.82, 2.24) is 0 Å². The van der Waals surface area contributed by atoms with E-state index in [1.165, 1.54) is 0 Å². The molecule has 0 bridgehead atoms. The van der Waals surface area contributed by atoms with Gasteiger partial charge in [-0.15, -0.1) is 0 Å². The lowest BCUT2D eigenvalue weighted by molar-refractivity contribution is -0.0436. The highest BCUT2D eigenvalue weighted by Crippen LogP contribution is 2.38. The van der Waals surface area contributed by atoms with Gasteiger partial charge in [0.25, 0.3) is 9.84 Å². The predicted molar refractivity (Wildman–Crippen MR) is 70.9 cm³/mol. The molecule has 0 aliphatic heterocycles. The van der Waals surface area contributed by atoms with E-state index < -0.39 is 38.0 Å². The normalized spacial score (nSPS) is 16.0. The Balaban J connectivity index is 3.64. The van der Waals surface area contributed by atoms with Crippen LogP contribution in [0.4, 0.5) is 17.6 Å². The molecule has 0 fully saturated rings. The summed E-state index contributed by atoms with van der Waals surface area (Å²) in [5.41, 5.74) is 0.156. The quantitative estimate of drug-likeness (QED) is 0.864. The fourth-order valence-electron chi connectivity index (χ4n) is 2.39. The molecular weight excluding hydrogens is 310 g/mol. The molecular formula is C13H17F4NO2S. The molecule has 2 N–H and O–H groups in total. The number of hydrogen-bond donors (Lipinski definition) is 1. The number of nitrogens with two attached hydrogens (primary N) is 1. The molecule has 0 amide bonds. The van der Waals surface area contributed by atoms with E-state index in [2.05, 4.69) is 0 Å². The number of halogens is 4. The standard InChI is InChI=1S/C13H17F4NO2S/c1-7(2)12(8(3)18)10-5-4-9(14)6-11(10)21(19,20)13(15,16)17/h4-8,12H,18H2,1-3H3. The highest BCUT2D eigenvalue weighted by atomic mass is 32.2. The Bertz CT molecular complexity index is 601. The molecule has 0 radical (unpaired) electrons.